The van der Waals surface area contributed by atoms with Gasteiger partial charge in [0.05, 0.1) is 38.7 Å². The third-order valence-corrected chi connectivity index (χ3v) is 8.52. The standard InChI is InChI=1S/C28H24Cl2N2O3S/c1-2-36(34,35)24-10-6-19(7-11-24)13-27(33)32-23-15-25(29)28(26(30)16-23)21-9-8-20(22(14-21)17-31)12-18-4-3-5-18/h6-12,14-16H,2-5,13H2,1H3,(H,32,33). The summed E-state index contributed by atoms with van der Waals surface area (Å²) in [5, 5.41) is 13.1. The first-order chi connectivity index (χ1) is 17.2. The number of nitrogens with zero attached hydrogens (tertiary/aromatic N) is 1. The van der Waals surface area contributed by atoms with E-state index in [1.807, 2.05) is 12.1 Å². The maximum atomic E-state index is 12.6. The van der Waals surface area contributed by atoms with Crippen LogP contribution in [0.2, 0.25) is 10.0 Å². The fourth-order valence-electron chi connectivity index (χ4n) is 3.97. The van der Waals surface area contributed by atoms with E-state index in [-0.39, 0.29) is 23.0 Å². The molecule has 8 heteroatoms. The van der Waals surface area contributed by atoms with Crippen LogP contribution in [-0.4, -0.2) is 20.1 Å². The van der Waals surface area contributed by atoms with Crippen molar-refractivity contribution >= 4 is 50.7 Å². The molecule has 0 spiro atoms. The number of hydrogen-bond donors (Lipinski definition) is 1. The van der Waals surface area contributed by atoms with E-state index >= 15 is 0 Å². The first-order valence-electron chi connectivity index (χ1n) is 11.5. The molecule has 1 fully saturated rings. The number of carbonyl (C=O) groups is 1. The van der Waals surface area contributed by atoms with Gasteiger partial charge in [0.25, 0.3) is 0 Å². The summed E-state index contributed by atoms with van der Waals surface area (Å²) < 4.78 is 23.9. The van der Waals surface area contributed by atoms with Crippen molar-refractivity contribution in [3.63, 3.8) is 0 Å². The second-order valence-electron chi connectivity index (χ2n) is 8.66. The number of anilines is 1. The van der Waals surface area contributed by atoms with Gasteiger partial charge in [-0.3, -0.25) is 4.79 Å². The number of carbonyl (C=O) groups excluding carboxylic acids is 1. The van der Waals surface area contributed by atoms with Crippen LogP contribution < -0.4 is 5.32 Å². The zero-order chi connectivity index (χ0) is 25.9. The zero-order valence-electron chi connectivity index (χ0n) is 19.6. The second-order valence-corrected chi connectivity index (χ2v) is 11.7. The van der Waals surface area contributed by atoms with Gasteiger partial charge in [0.1, 0.15) is 0 Å². The molecule has 0 radical (unpaired) electrons. The van der Waals surface area contributed by atoms with Crippen molar-refractivity contribution in [2.45, 2.75) is 37.5 Å². The molecular formula is C28H24Cl2N2O3S. The maximum Gasteiger partial charge on any atom is 0.228 e. The van der Waals surface area contributed by atoms with E-state index in [4.69, 9.17) is 23.2 Å². The minimum Gasteiger partial charge on any atom is -0.326 e. The van der Waals surface area contributed by atoms with Gasteiger partial charge < -0.3 is 5.32 Å². The van der Waals surface area contributed by atoms with Gasteiger partial charge in [-0.1, -0.05) is 66.0 Å². The van der Waals surface area contributed by atoms with Crippen LogP contribution >= 0.6 is 23.2 Å². The molecule has 36 heavy (non-hydrogen) atoms. The van der Waals surface area contributed by atoms with Crippen LogP contribution in [0, 0.1) is 11.3 Å². The average Bonchev–Trinajstić information content (AvgIpc) is 2.81. The summed E-state index contributed by atoms with van der Waals surface area (Å²) >= 11 is 13.1. The Kier molecular flexibility index (Phi) is 7.85. The van der Waals surface area contributed by atoms with Crippen molar-refractivity contribution < 1.29 is 13.2 Å². The molecule has 1 saturated carbocycles. The lowest BCUT2D eigenvalue weighted by Gasteiger charge is -2.17. The average molecular weight is 539 g/mol. The number of nitrogens with one attached hydrogen (secondary N) is 1. The van der Waals surface area contributed by atoms with Gasteiger partial charge in [-0.15, -0.1) is 0 Å². The molecular weight excluding hydrogens is 515 g/mol. The number of rotatable bonds is 7. The molecule has 1 aliphatic carbocycles. The molecule has 3 aromatic carbocycles. The highest BCUT2D eigenvalue weighted by Crippen LogP contribution is 2.38. The first kappa shape index (κ1) is 26.0. The van der Waals surface area contributed by atoms with Crippen LogP contribution in [-0.2, 0) is 21.1 Å². The number of nitriles is 1. The van der Waals surface area contributed by atoms with Crippen molar-refractivity contribution in [2.24, 2.45) is 0 Å². The van der Waals surface area contributed by atoms with E-state index in [1.54, 1.807) is 37.3 Å². The van der Waals surface area contributed by atoms with E-state index in [0.29, 0.717) is 32.4 Å². The lowest BCUT2D eigenvalue weighted by molar-refractivity contribution is -0.115. The number of halogens is 2. The van der Waals surface area contributed by atoms with Crippen molar-refractivity contribution in [3.8, 4) is 17.2 Å². The SMILES string of the molecule is CCS(=O)(=O)c1ccc(CC(=O)Nc2cc(Cl)c(-c3ccc(C=C4CCC4)c(C#N)c3)c(Cl)c2)cc1. The molecule has 0 saturated heterocycles. The van der Waals surface area contributed by atoms with Crippen molar-refractivity contribution in [1.29, 1.82) is 5.26 Å². The summed E-state index contributed by atoms with van der Waals surface area (Å²) in [4.78, 5) is 12.8. The summed E-state index contributed by atoms with van der Waals surface area (Å²) in [6.07, 6.45) is 5.47. The molecule has 3 aromatic rings. The highest BCUT2D eigenvalue weighted by Gasteiger charge is 2.16. The van der Waals surface area contributed by atoms with Gasteiger partial charge in [-0.05, 0) is 66.3 Å². The third kappa shape index (κ3) is 5.82. The fourth-order valence-corrected chi connectivity index (χ4v) is 5.56. The Morgan fingerprint density at radius 2 is 1.72 bits per heavy atom. The highest BCUT2D eigenvalue weighted by molar-refractivity contribution is 7.91. The lowest BCUT2D eigenvalue weighted by atomic mass is 9.89. The van der Waals surface area contributed by atoms with Crippen LogP contribution in [0.25, 0.3) is 17.2 Å². The molecule has 0 aliphatic heterocycles. The van der Waals surface area contributed by atoms with Gasteiger partial charge in [-0.25, -0.2) is 8.42 Å². The highest BCUT2D eigenvalue weighted by atomic mass is 35.5. The smallest absolute Gasteiger partial charge is 0.228 e. The minimum absolute atomic E-state index is 0.0181. The van der Waals surface area contributed by atoms with Gasteiger partial charge in [0.2, 0.25) is 5.91 Å². The number of hydrogen-bond acceptors (Lipinski definition) is 4. The van der Waals surface area contributed by atoms with Gasteiger partial charge in [0, 0.05) is 11.3 Å². The Bertz CT molecular complexity index is 1480. The fraction of sp³-hybridized carbons (Fsp3) is 0.214. The van der Waals surface area contributed by atoms with Crippen molar-refractivity contribution in [3.05, 3.63) is 86.9 Å². The monoisotopic (exact) mass is 538 g/mol. The maximum absolute atomic E-state index is 12.6. The first-order valence-corrected chi connectivity index (χ1v) is 14.0. The van der Waals surface area contributed by atoms with Crippen LogP contribution in [0.15, 0.2) is 65.1 Å². The molecule has 184 valence electrons. The molecule has 0 bridgehead atoms. The summed E-state index contributed by atoms with van der Waals surface area (Å²) in [5.41, 5.74) is 5.20. The molecule has 4 rings (SSSR count). The van der Waals surface area contributed by atoms with Crippen LogP contribution in [0.1, 0.15) is 42.9 Å². The zero-order valence-corrected chi connectivity index (χ0v) is 22.0. The molecule has 0 atom stereocenters. The molecule has 1 amide bonds. The largest absolute Gasteiger partial charge is 0.326 e. The second kappa shape index (κ2) is 10.9. The Morgan fingerprint density at radius 3 is 2.28 bits per heavy atom. The lowest BCUT2D eigenvalue weighted by Crippen LogP contribution is -2.14. The topological polar surface area (TPSA) is 87.0 Å². The summed E-state index contributed by atoms with van der Waals surface area (Å²) in [6.45, 7) is 1.59. The van der Waals surface area contributed by atoms with E-state index in [9.17, 15) is 18.5 Å². The Balaban J connectivity index is 1.50. The quantitative estimate of drug-likeness (QED) is 0.348. The number of benzene rings is 3. The Labute approximate surface area is 221 Å². The van der Waals surface area contributed by atoms with E-state index in [1.165, 1.54) is 24.1 Å². The molecule has 0 unspecified atom stereocenters. The summed E-state index contributed by atoms with van der Waals surface area (Å²) in [5.74, 6) is -0.272. The number of amides is 1. The normalized spacial score (nSPS) is 13.0. The summed E-state index contributed by atoms with van der Waals surface area (Å²) in [6, 6.07) is 17.3. The predicted octanol–water partition coefficient (Wildman–Crippen LogP) is 7.07. The van der Waals surface area contributed by atoms with Crippen molar-refractivity contribution in [1.82, 2.24) is 0 Å². The van der Waals surface area contributed by atoms with Crippen molar-refractivity contribution in [2.75, 3.05) is 11.1 Å². The van der Waals surface area contributed by atoms with Gasteiger partial charge in [-0.2, -0.15) is 5.26 Å². The number of allylic oxidation sites excluding steroid dienone is 1. The predicted molar refractivity (Wildman–Crippen MR) is 145 cm³/mol. The Morgan fingerprint density at radius 1 is 1.06 bits per heavy atom. The number of sulfone groups is 1. The molecule has 0 aromatic heterocycles. The van der Waals surface area contributed by atoms with Gasteiger partial charge >= 0.3 is 0 Å². The van der Waals surface area contributed by atoms with Gasteiger partial charge in [0.15, 0.2) is 9.84 Å². The van der Waals surface area contributed by atoms with E-state index in [2.05, 4.69) is 17.5 Å². The van der Waals surface area contributed by atoms with E-state index < -0.39 is 9.84 Å². The van der Waals surface area contributed by atoms with Crippen LogP contribution in [0.4, 0.5) is 5.69 Å². The summed E-state index contributed by atoms with van der Waals surface area (Å²) in [7, 11) is -3.29. The Hall–Kier alpha value is -3.11. The minimum atomic E-state index is -3.29. The third-order valence-electron chi connectivity index (χ3n) is 6.17. The molecule has 1 aliphatic rings. The van der Waals surface area contributed by atoms with E-state index in [0.717, 1.165) is 24.0 Å². The van der Waals surface area contributed by atoms with Crippen LogP contribution in [0.5, 0.6) is 0 Å². The molecule has 0 heterocycles. The van der Waals surface area contributed by atoms with Crippen LogP contribution in [0.3, 0.4) is 0 Å². The molecule has 5 nitrogen and oxygen atoms in total. The molecule has 1 N–H and O–H groups in total.